The summed E-state index contributed by atoms with van der Waals surface area (Å²) in [5.41, 5.74) is 1.82. The number of hydrogen-bond donors (Lipinski definition) is 1. The second-order valence-electron chi connectivity index (χ2n) is 10.7. The molecule has 2 saturated heterocycles. The van der Waals surface area contributed by atoms with E-state index in [0.29, 0.717) is 62.6 Å². The molecule has 4 heterocycles. The summed E-state index contributed by atoms with van der Waals surface area (Å²) in [5, 5.41) is 4.66. The number of ether oxygens (including phenoxy) is 2. The Bertz CT molecular complexity index is 1510. The van der Waals surface area contributed by atoms with Gasteiger partial charge >= 0.3 is 0 Å². The Balaban J connectivity index is 1.55. The number of aryl methyl sites for hydroxylation is 1. The number of piperazine rings is 1. The number of fused-ring (bicyclic) bond motifs is 1. The number of nitrogens with zero attached hydrogens (tertiary/aromatic N) is 6. The first kappa shape index (κ1) is 29.6. The van der Waals surface area contributed by atoms with Crippen molar-refractivity contribution < 1.29 is 17.9 Å². The van der Waals surface area contributed by atoms with E-state index < -0.39 is 10.0 Å². The number of rotatable bonds is 11. The number of sulfonamides is 1. The van der Waals surface area contributed by atoms with Crippen LogP contribution < -0.4 is 10.3 Å². The third-order valence-electron chi connectivity index (χ3n) is 7.69. The number of hydrogen-bond acceptors (Lipinski definition) is 9. The Morgan fingerprint density at radius 2 is 1.76 bits per heavy atom. The van der Waals surface area contributed by atoms with Crippen LogP contribution in [0, 0.1) is 0 Å². The molecule has 0 unspecified atom stereocenters. The fourth-order valence-electron chi connectivity index (χ4n) is 5.29. The largest absolute Gasteiger partial charge is 0.493 e. The van der Waals surface area contributed by atoms with Gasteiger partial charge in [0.1, 0.15) is 17.1 Å². The molecule has 0 saturated carbocycles. The molecule has 0 bridgehead atoms. The van der Waals surface area contributed by atoms with Gasteiger partial charge in [-0.1, -0.05) is 20.3 Å². The van der Waals surface area contributed by atoms with Crippen LogP contribution in [0.25, 0.3) is 22.4 Å². The highest BCUT2D eigenvalue weighted by Gasteiger charge is 2.29. The smallest absolute Gasteiger partial charge is 0.279 e. The zero-order valence-corrected chi connectivity index (χ0v) is 25.1. The Labute approximate surface area is 241 Å². The van der Waals surface area contributed by atoms with Gasteiger partial charge in [-0.3, -0.25) is 14.4 Å². The summed E-state index contributed by atoms with van der Waals surface area (Å²) in [6, 6.07) is 4.81. The summed E-state index contributed by atoms with van der Waals surface area (Å²) in [5.74, 6) is 0.748. The van der Waals surface area contributed by atoms with Gasteiger partial charge < -0.3 is 19.4 Å². The molecule has 0 amide bonds. The van der Waals surface area contributed by atoms with E-state index in [0.717, 1.165) is 51.4 Å². The van der Waals surface area contributed by atoms with Gasteiger partial charge in [-0.15, -0.1) is 0 Å². The van der Waals surface area contributed by atoms with Gasteiger partial charge in [0, 0.05) is 45.8 Å². The summed E-state index contributed by atoms with van der Waals surface area (Å²) < 4.78 is 42.0. The quantitative estimate of drug-likeness (QED) is 0.357. The van der Waals surface area contributed by atoms with E-state index in [2.05, 4.69) is 26.8 Å². The first-order valence-electron chi connectivity index (χ1n) is 14.6. The van der Waals surface area contributed by atoms with Crippen LogP contribution in [0.5, 0.6) is 5.75 Å². The van der Waals surface area contributed by atoms with Gasteiger partial charge in [-0.25, -0.2) is 13.4 Å². The van der Waals surface area contributed by atoms with Crippen molar-refractivity contribution in [3.63, 3.8) is 0 Å². The third-order valence-corrected chi connectivity index (χ3v) is 9.58. The summed E-state index contributed by atoms with van der Waals surface area (Å²) >= 11 is 0. The van der Waals surface area contributed by atoms with Crippen LogP contribution in [0.2, 0.25) is 0 Å². The molecule has 3 aromatic rings. The van der Waals surface area contributed by atoms with Crippen molar-refractivity contribution in [1.29, 1.82) is 0 Å². The summed E-state index contributed by atoms with van der Waals surface area (Å²) in [4.78, 5) is 25.7. The maximum Gasteiger partial charge on any atom is 0.279 e. The number of likely N-dealkylation sites (N-methyl/N-ethyl adjacent to an activating group) is 1. The number of aromatic nitrogens is 4. The highest BCUT2D eigenvalue weighted by Crippen LogP contribution is 2.32. The fraction of sp³-hybridized carbons (Fsp3) is 0.607. The molecule has 0 spiro atoms. The molecule has 1 N–H and O–H groups in total. The molecule has 2 fully saturated rings. The van der Waals surface area contributed by atoms with Crippen LogP contribution in [0.4, 0.5) is 0 Å². The highest BCUT2D eigenvalue weighted by molar-refractivity contribution is 7.89. The van der Waals surface area contributed by atoms with E-state index >= 15 is 0 Å². The van der Waals surface area contributed by atoms with E-state index in [1.807, 2.05) is 18.7 Å². The number of nitrogens with one attached hydrogen (secondary N) is 1. The van der Waals surface area contributed by atoms with Crippen LogP contribution in [0.3, 0.4) is 0 Å². The second kappa shape index (κ2) is 13.0. The fourth-order valence-corrected chi connectivity index (χ4v) is 6.74. The van der Waals surface area contributed by atoms with Crippen molar-refractivity contribution in [2.24, 2.45) is 0 Å². The molecule has 224 valence electrons. The molecule has 12 nitrogen and oxygen atoms in total. The minimum absolute atomic E-state index is 0.152. The molecule has 13 heteroatoms. The van der Waals surface area contributed by atoms with Crippen LogP contribution in [-0.4, -0.2) is 115 Å². The van der Waals surface area contributed by atoms with E-state index in [1.54, 1.807) is 18.2 Å². The van der Waals surface area contributed by atoms with Crippen molar-refractivity contribution in [2.75, 3.05) is 72.7 Å². The predicted molar refractivity (Wildman–Crippen MR) is 157 cm³/mol. The lowest BCUT2D eigenvalue weighted by molar-refractivity contribution is 0.0359. The molecular formula is C28H41N7O5S. The van der Waals surface area contributed by atoms with Gasteiger partial charge in [-0.05, 0) is 38.1 Å². The van der Waals surface area contributed by atoms with E-state index in [-0.39, 0.29) is 21.8 Å². The average molecular weight is 588 g/mol. The van der Waals surface area contributed by atoms with Crippen molar-refractivity contribution in [3.8, 4) is 17.1 Å². The lowest BCUT2D eigenvalue weighted by Gasteiger charge is -2.31. The molecule has 0 aliphatic carbocycles. The van der Waals surface area contributed by atoms with Crippen LogP contribution in [0.15, 0.2) is 27.9 Å². The van der Waals surface area contributed by atoms with Gasteiger partial charge in [0.25, 0.3) is 5.56 Å². The monoisotopic (exact) mass is 587 g/mol. The van der Waals surface area contributed by atoms with Crippen LogP contribution in [-0.2, 0) is 27.7 Å². The van der Waals surface area contributed by atoms with Gasteiger partial charge in [0.2, 0.25) is 10.0 Å². The normalized spacial score (nSPS) is 17.8. The predicted octanol–water partition coefficient (Wildman–Crippen LogP) is 1.80. The molecule has 2 aromatic heterocycles. The lowest BCUT2D eigenvalue weighted by atomic mass is 10.1. The Kier molecular flexibility index (Phi) is 9.39. The highest BCUT2D eigenvalue weighted by atomic mass is 32.2. The minimum Gasteiger partial charge on any atom is -0.493 e. The number of aromatic amines is 1. The van der Waals surface area contributed by atoms with Crippen LogP contribution >= 0.6 is 0 Å². The van der Waals surface area contributed by atoms with Gasteiger partial charge in [0.15, 0.2) is 5.52 Å². The number of H-pyrrole nitrogens is 1. The third kappa shape index (κ3) is 6.49. The Morgan fingerprint density at radius 3 is 2.46 bits per heavy atom. The minimum atomic E-state index is -3.74. The average Bonchev–Trinajstić information content (AvgIpc) is 3.33. The first-order chi connectivity index (χ1) is 19.8. The first-order valence-corrected chi connectivity index (χ1v) is 16.0. The maximum absolute atomic E-state index is 13.6. The van der Waals surface area contributed by atoms with Crippen molar-refractivity contribution in [2.45, 2.75) is 44.6 Å². The van der Waals surface area contributed by atoms with Gasteiger partial charge in [-0.2, -0.15) is 9.40 Å². The lowest BCUT2D eigenvalue weighted by Crippen LogP contribution is -2.47. The summed E-state index contributed by atoms with van der Waals surface area (Å²) in [6.07, 6.45) is 2.36. The summed E-state index contributed by atoms with van der Waals surface area (Å²) in [7, 11) is -1.75. The number of benzene rings is 1. The number of morpholine rings is 1. The maximum atomic E-state index is 13.6. The SMILES string of the molecule is CCCOc1ccc(S(=O)(=O)N2CCN(C)CC2)cc1-c1nc2c(CCC)n(CCN3CCOCC3)nc2c(=O)[nH]1. The van der Waals surface area contributed by atoms with E-state index in [4.69, 9.17) is 14.5 Å². The molecule has 2 aliphatic rings. The topological polar surface area (TPSA) is 126 Å². The van der Waals surface area contributed by atoms with Gasteiger partial charge in [0.05, 0.1) is 42.5 Å². The standard InChI is InChI=1S/C28H41N7O5S/c1-4-6-23-25-26(31-35(23)14-11-33-15-18-39-19-16-33)28(36)30-27(29-25)22-20-21(7-8-24(22)40-17-5-2)41(37,38)34-12-9-32(3)10-13-34/h7-8,20H,4-6,9-19H2,1-3H3,(H,29,30,36). The van der Waals surface area contributed by atoms with E-state index in [9.17, 15) is 13.2 Å². The van der Waals surface area contributed by atoms with Crippen molar-refractivity contribution in [3.05, 3.63) is 34.2 Å². The zero-order chi connectivity index (χ0) is 29.0. The molecule has 41 heavy (non-hydrogen) atoms. The molecule has 5 rings (SSSR count). The molecule has 0 radical (unpaired) electrons. The zero-order valence-electron chi connectivity index (χ0n) is 24.3. The van der Waals surface area contributed by atoms with E-state index in [1.165, 1.54) is 4.31 Å². The second-order valence-corrected chi connectivity index (χ2v) is 12.6. The molecule has 1 aromatic carbocycles. The van der Waals surface area contributed by atoms with Crippen molar-refractivity contribution >= 4 is 21.1 Å². The Hall–Kier alpha value is -2.84. The van der Waals surface area contributed by atoms with Crippen molar-refractivity contribution in [1.82, 2.24) is 33.9 Å². The molecular weight excluding hydrogens is 546 g/mol. The van der Waals surface area contributed by atoms with Crippen LogP contribution in [0.1, 0.15) is 32.4 Å². The Morgan fingerprint density at radius 1 is 1.00 bits per heavy atom. The summed E-state index contributed by atoms with van der Waals surface area (Å²) in [6.45, 7) is 11.4. The molecule has 2 aliphatic heterocycles. The molecule has 0 atom stereocenters.